The molecule has 2 N–H and O–H groups in total. The summed E-state index contributed by atoms with van der Waals surface area (Å²) in [4.78, 5) is 12.9. The molecule has 0 rings (SSSR count). The molecule has 0 aromatic carbocycles. The van der Waals surface area contributed by atoms with Crippen molar-refractivity contribution in [2.24, 2.45) is 5.73 Å². The molecule has 3 heteroatoms. The van der Waals surface area contributed by atoms with Gasteiger partial charge in [0.2, 0.25) is 5.78 Å². The van der Waals surface area contributed by atoms with Gasteiger partial charge in [-0.1, -0.05) is 0 Å². The van der Waals surface area contributed by atoms with Crippen molar-refractivity contribution in [2.75, 3.05) is 13.1 Å². The molecule has 0 aliphatic heterocycles. The first-order chi connectivity index (χ1) is 3.31. The lowest BCUT2D eigenvalue weighted by Crippen LogP contribution is -2.14. The maximum atomic E-state index is 10.1. The van der Waals surface area contributed by atoms with Gasteiger partial charge in [0.25, 0.3) is 6.54 Å². The second kappa shape index (κ2) is 3.32. The van der Waals surface area contributed by atoms with Gasteiger partial charge in [0.05, 0.1) is 6.54 Å². The average Bonchev–Trinajstić information content (AvgIpc) is 1.68. The maximum absolute atomic E-state index is 10.1. The Kier molecular flexibility index (Phi) is 2.90. The van der Waals surface area contributed by atoms with Crippen molar-refractivity contribution in [2.45, 2.75) is 0 Å². The van der Waals surface area contributed by atoms with Crippen molar-refractivity contribution in [3.8, 4) is 0 Å². The van der Waals surface area contributed by atoms with Crippen LogP contribution in [0.1, 0.15) is 0 Å². The third-order valence-electron chi connectivity index (χ3n) is 0.483. The number of hydrogen-bond acceptors (Lipinski definition) is 2. The Morgan fingerprint density at radius 2 is 2.43 bits per heavy atom. The average molecular weight is 98.1 g/mol. The van der Waals surface area contributed by atoms with Crippen LogP contribution < -0.4 is 5.73 Å². The van der Waals surface area contributed by atoms with E-state index in [1.54, 1.807) is 0 Å². The van der Waals surface area contributed by atoms with Crippen molar-refractivity contribution < 1.29 is 4.79 Å². The zero-order valence-corrected chi connectivity index (χ0v) is 3.85. The maximum Gasteiger partial charge on any atom is 0.273 e. The molecular formula is C4H6N2O. The van der Waals surface area contributed by atoms with Crippen LogP contribution in [-0.4, -0.2) is 18.9 Å². The Morgan fingerprint density at radius 3 is 2.57 bits per heavy atom. The van der Waals surface area contributed by atoms with Crippen LogP contribution in [0.4, 0.5) is 0 Å². The zero-order valence-electron chi connectivity index (χ0n) is 3.85. The highest BCUT2D eigenvalue weighted by molar-refractivity contribution is 5.83. The van der Waals surface area contributed by atoms with Gasteiger partial charge < -0.3 is 10.6 Å². The first-order valence-electron chi connectivity index (χ1n) is 1.86. The largest absolute Gasteiger partial charge is 0.324 e. The van der Waals surface area contributed by atoms with Gasteiger partial charge in [-0.3, -0.25) is 4.79 Å². The molecule has 0 radical (unpaired) electrons. The molecule has 0 unspecified atom stereocenters. The molecule has 0 aliphatic rings. The zero-order chi connectivity index (χ0) is 5.70. The fraction of sp³-hybridized carbons (Fsp3) is 0.500. The molecule has 0 aliphatic carbocycles. The fourth-order valence-electron chi connectivity index (χ4n) is 0.153. The summed E-state index contributed by atoms with van der Waals surface area (Å²) in [6.07, 6.45) is 0. The van der Waals surface area contributed by atoms with Crippen molar-refractivity contribution in [3.05, 3.63) is 11.4 Å². The molecule has 7 heavy (non-hydrogen) atoms. The van der Waals surface area contributed by atoms with E-state index in [-0.39, 0.29) is 18.9 Å². The van der Waals surface area contributed by atoms with E-state index in [0.717, 1.165) is 0 Å². The lowest BCUT2D eigenvalue weighted by Gasteiger charge is -1.78. The van der Waals surface area contributed by atoms with Gasteiger partial charge >= 0.3 is 0 Å². The lowest BCUT2D eigenvalue weighted by atomic mass is 10.4. The van der Waals surface area contributed by atoms with Gasteiger partial charge in [-0.25, -0.2) is 6.57 Å². The van der Waals surface area contributed by atoms with Crippen molar-refractivity contribution in [3.63, 3.8) is 0 Å². The van der Waals surface area contributed by atoms with Gasteiger partial charge in [0.15, 0.2) is 0 Å². The summed E-state index contributed by atoms with van der Waals surface area (Å²) >= 11 is 0. The first kappa shape index (κ1) is 6.12. The molecule has 0 amide bonds. The molecule has 0 spiro atoms. The van der Waals surface area contributed by atoms with E-state index in [0.29, 0.717) is 0 Å². The van der Waals surface area contributed by atoms with Gasteiger partial charge in [-0.2, -0.15) is 0 Å². The Hall–Kier alpha value is -0.880. The second-order valence-electron chi connectivity index (χ2n) is 1.06. The number of ketones is 1. The molecule has 0 atom stereocenters. The topological polar surface area (TPSA) is 47.5 Å². The number of nitrogens with two attached hydrogens (primary N) is 1. The van der Waals surface area contributed by atoms with Crippen molar-refractivity contribution >= 4 is 5.78 Å². The molecule has 0 saturated heterocycles. The standard InChI is InChI=1S/C4H6N2O/c1-6-3-4(7)2-5/h2-3,5H2. The fourth-order valence-corrected chi connectivity index (χ4v) is 0.153. The highest BCUT2D eigenvalue weighted by atomic mass is 16.1. The summed E-state index contributed by atoms with van der Waals surface area (Å²) in [5.41, 5.74) is 4.87. The molecule has 38 valence electrons. The van der Waals surface area contributed by atoms with E-state index in [2.05, 4.69) is 4.85 Å². The molecule has 0 aromatic rings. The molecule has 0 fully saturated rings. The summed E-state index contributed by atoms with van der Waals surface area (Å²) in [5.74, 6) is -0.199. The number of carbonyl (C=O) groups excluding carboxylic acids is 1. The number of nitrogens with zero attached hydrogens (tertiary/aromatic N) is 1. The van der Waals surface area contributed by atoms with Crippen molar-refractivity contribution in [1.29, 1.82) is 0 Å². The van der Waals surface area contributed by atoms with Crippen LogP contribution in [0.2, 0.25) is 0 Å². The predicted octanol–water partition coefficient (Wildman–Crippen LogP) is -0.567. The van der Waals surface area contributed by atoms with Gasteiger partial charge in [-0.15, -0.1) is 0 Å². The van der Waals surface area contributed by atoms with E-state index in [1.807, 2.05) is 0 Å². The number of hydrogen-bond donors (Lipinski definition) is 1. The number of Topliss-reactive ketones (excluding diaryl/α,β-unsaturated/α-hetero) is 1. The van der Waals surface area contributed by atoms with E-state index in [4.69, 9.17) is 12.3 Å². The molecule has 0 saturated carbocycles. The smallest absolute Gasteiger partial charge is 0.273 e. The normalized spacial score (nSPS) is 7.43. The predicted molar refractivity (Wildman–Crippen MR) is 25.5 cm³/mol. The molecule has 0 aromatic heterocycles. The Balaban J connectivity index is 3.23. The molecular weight excluding hydrogens is 92.1 g/mol. The third kappa shape index (κ3) is 2.94. The SMILES string of the molecule is [C-]#[N+]CC(=O)CN. The minimum absolute atomic E-state index is 0.0115. The Labute approximate surface area is 41.9 Å². The van der Waals surface area contributed by atoms with E-state index < -0.39 is 0 Å². The molecule has 0 bridgehead atoms. The summed E-state index contributed by atoms with van der Waals surface area (Å²) < 4.78 is 0. The van der Waals surface area contributed by atoms with Crippen molar-refractivity contribution in [1.82, 2.24) is 0 Å². The third-order valence-corrected chi connectivity index (χ3v) is 0.483. The minimum Gasteiger partial charge on any atom is -0.324 e. The first-order valence-corrected chi connectivity index (χ1v) is 1.86. The Bertz CT molecular complexity index is 103. The van der Waals surface area contributed by atoms with Crippen LogP contribution in [0.15, 0.2) is 0 Å². The van der Waals surface area contributed by atoms with E-state index in [9.17, 15) is 4.79 Å². The van der Waals surface area contributed by atoms with Gasteiger partial charge in [-0.05, 0) is 0 Å². The highest BCUT2D eigenvalue weighted by Crippen LogP contribution is 1.66. The number of rotatable bonds is 2. The van der Waals surface area contributed by atoms with Crippen LogP contribution in [0.5, 0.6) is 0 Å². The summed E-state index contributed by atoms with van der Waals surface area (Å²) in [7, 11) is 0. The van der Waals surface area contributed by atoms with E-state index in [1.165, 1.54) is 0 Å². The quantitative estimate of drug-likeness (QED) is 0.470. The van der Waals surface area contributed by atoms with Gasteiger partial charge in [0, 0.05) is 0 Å². The van der Waals surface area contributed by atoms with Crippen LogP contribution in [0, 0.1) is 6.57 Å². The van der Waals surface area contributed by atoms with Crippen LogP contribution in [0.3, 0.4) is 0 Å². The van der Waals surface area contributed by atoms with Gasteiger partial charge in [0.1, 0.15) is 0 Å². The lowest BCUT2D eigenvalue weighted by molar-refractivity contribution is -0.115. The number of carbonyl (C=O) groups is 1. The summed E-state index contributed by atoms with van der Waals surface area (Å²) in [5, 5.41) is 0. The van der Waals surface area contributed by atoms with E-state index >= 15 is 0 Å². The summed E-state index contributed by atoms with van der Waals surface area (Å²) in [6, 6.07) is 0. The Morgan fingerprint density at radius 1 is 1.86 bits per heavy atom. The molecule has 0 heterocycles. The van der Waals surface area contributed by atoms with Crippen LogP contribution in [-0.2, 0) is 4.79 Å². The second-order valence-corrected chi connectivity index (χ2v) is 1.06. The minimum atomic E-state index is -0.199. The molecule has 3 nitrogen and oxygen atoms in total. The van der Waals surface area contributed by atoms with Crippen LogP contribution >= 0.6 is 0 Å². The van der Waals surface area contributed by atoms with Crippen LogP contribution in [0.25, 0.3) is 4.85 Å². The summed E-state index contributed by atoms with van der Waals surface area (Å²) in [6.45, 7) is 6.10. The highest BCUT2D eigenvalue weighted by Gasteiger charge is 1.96. The monoisotopic (exact) mass is 98.0 g/mol.